The van der Waals surface area contributed by atoms with Crippen molar-refractivity contribution in [1.29, 1.82) is 0 Å². The van der Waals surface area contributed by atoms with Crippen LogP contribution >= 0.6 is 11.8 Å². The highest BCUT2D eigenvalue weighted by Crippen LogP contribution is 2.16. The van der Waals surface area contributed by atoms with Gasteiger partial charge in [0.2, 0.25) is 0 Å². The largest absolute Gasteiger partial charge is 0.397 e. The molecule has 0 aliphatic heterocycles. The molecule has 1 atom stereocenters. The molecular formula is C9H15N3S. The number of aromatic nitrogens is 1. The molecule has 0 aliphatic carbocycles. The summed E-state index contributed by atoms with van der Waals surface area (Å²) in [6.07, 6.45) is 5.54. The summed E-state index contributed by atoms with van der Waals surface area (Å²) in [5, 5.41) is 3.30. The number of nitrogens with two attached hydrogens (primary N) is 1. The normalized spacial score (nSPS) is 12.5. The number of thioether (sulfide) groups is 1. The van der Waals surface area contributed by atoms with E-state index in [2.05, 4.69) is 23.5 Å². The fourth-order valence-electron chi connectivity index (χ4n) is 1.08. The van der Waals surface area contributed by atoms with Crippen molar-refractivity contribution in [3.05, 3.63) is 18.5 Å². The standard InChI is InChI=1S/C9H15N3S/c1-7(6-13-2)12-9-5-11-4-3-8(9)10/h3-5,7,12H,6H2,1-2H3,(H2,10,11). The minimum Gasteiger partial charge on any atom is -0.397 e. The second kappa shape index (κ2) is 4.97. The molecule has 1 aromatic rings. The van der Waals surface area contributed by atoms with Crippen LogP contribution in [0.3, 0.4) is 0 Å². The Kier molecular flexibility index (Phi) is 3.89. The van der Waals surface area contributed by atoms with E-state index in [4.69, 9.17) is 5.73 Å². The summed E-state index contributed by atoms with van der Waals surface area (Å²) in [6, 6.07) is 2.22. The van der Waals surface area contributed by atoms with E-state index in [9.17, 15) is 0 Å². The van der Waals surface area contributed by atoms with Crippen molar-refractivity contribution in [3.8, 4) is 0 Å². The molecule has 72 valence electrons. The van der Waals surface area contributed by atoms with E-state index >= 15 is 0 Å². The molecule has 0 bridgehead atoms. The van der Waals surface area contributed by atoms with E-state index in [0.29, 0.717) is 6.04 Å². The SMILES string of the molecule is CSCC(C)Nc1cnccc1N. The van der Waals surface area contributed by atoms with Gasteiger partial charge in [-0.2, -0.15) is 11.8 Å². The summed E-state index contributed by atoms with van der Waals surface area (Å²) in [5.41, 5.74) is 7.43. The summed E-state index contributed by atoms with van der Waals surface area (Å²) in [7, 11) is 0. The first kappa shape index (κ1) is 10.2. The third-order valence-corrected chi connectivity index (χ3v) is 2.51. The van der Waals surface area contributed by atoms with Crippen LogP contribution in [0.1, 0.15) is 6.92 Å². The van der Waals surface area contributed by atoms with Crippen LogP contribution in [-0.2, 0) is 0 Å². The van der Waals surface area contributed by atoms with Crippen LogP contribution < -0.4 is 11.1 Å². The lowest BCUT2D eigenvalue weighted by molar-refractivity contribution is 0.913. The maximum absolute atomic E-state index is 5.76. The Labute approximate surface area is 83.1 Å². The fraction of sp³-hybridized carbons (Fsp3) is 0.444. The molecule has 0 amide bonds. The number of anilines is 2. The van der Waals surface area contributed by atoms with Crippen LogP contribution in [0.25, 0.3) is 0 Å². The van der Waals surface area contributed by atoms with Gasteiger partial charge in [-0.15, -0.1) is 0 Å². The van der Waals surface area contributed by atoms with Gasteiger partial charge in [-0.25, -0.2) is 0 Å². The monoisotopic (exact) mass is 197 g/mol. The summed E-state index contributed by atoms with van der Waals surface area (Å²) in [6.45, 7) is 2.13. The molecule has 0 saturated heterocycles. The molecule has 4 heteroatoms. The molecular weight excluding hydrogens is 182 g/mol. The highest BCUT2D eigenvalue weighted by atomic mass is 32.2. The minimum atomic E-state index is 0.418. The highest BCUT2D eigenvalue weighted by molar-refractivity contribution is 7.98. The van der Waals surface area contributed by atoms with Crippen molar-refractivity contribution in [2.24, 2.45) is 0 Å². The molecule has 0 radical (unpaired) electrons. The second-order valence-corrected chi connectivity index (χ2v) is 3.87. The molecule has 3 nitrogen and oxygen atoms in total. The first-order valence-electron chi connectivity index (χ1n) is 4.19. The molecule has 13 heavy (non-hydrogen) atoms. The van der Waals surface area contributed by atoms with Gasteiger partial charge in [0.25, 0.3) is 0 Å². The van der Waals surface area contributed by atoms with Crippen molar-refractivity contribution < 1.29 is 0 Å². The number of nitrogen functional groups attached to an aromatic ring is 1. The van der Waals surface area contributed by atoms with Crippen molar-refractivity contribution in [2.75, 3.05) is 23.1 Å². The number of nitrogens with zero attached hydrogens (tertiary/aromatic N) is 1. The number of hydrogen-bond donors (Lipinski definition) is 2. The predicted molar refractivity (Wildman–Crippen MR) is 60.1 cm³/mol. The molecule has 0 spiro atoms. The van der Waals surface area contributed by atoms with Gasteiger partial charge in [-0.1, -0.05) is 0 Å². The Morgan fingerprint density at radius 2 is 2.46 bits per heavy atom. The lowest BCUT2D eigenvalue weighted by atomic mass is 10.3. The van der Waals surface area contributed by atoms with Gasteiger partial charge >= 0.3 is 0 Å². The topological polar surface area (TPSA) is 50.9 Å². The van der Waals surface area contributed by atoms with Gasteiger partial charge in [0, 0.05) is 18.0 Å². The van der Waals surface area contributed by atoms with E-state index < -0.39 is 0 Å². The maximum Gasteiger partial charge on any atom is 0.0762 e. The Balaban J connectivity index is 2.58. The molecule has 3 N–H and O–H groups in total. The zero-order valence-corrected chi connectivity index (χ0v) is 8.77. The summed E-state index contributed by atoms with van der Waals surface area (Å²) < 4.78 is 0. The smallest absolute Gasteiger partial charge is 0.0762 e. The molecule has 1 heterocycles. The summed E-state index contributed by atoms with van der Waals surface area (Å²) >= 11 is 1.81. The van der Waals surface area contributed by atoms with E-state index in [1.54, 1.807) is 18.5 Å². The summed E-state index contributed by atoms with van der Waals surface area (Å²) in [4.78, 5) is 4.01. The van der Waals surface area contributed by atoms with E-state index in [1.165, 1.54) is 0 Å². The van der Waals surface area contributed by atoms with E-state index in [-0.39, 0.29) is 0 Å². The average molecular weight is 197 g/mol. The predicted octanol–water partition coefficient (Wildman–Crippen LogP) is 1.83. The lowest BCUT2D eigenvalue weighted by Gasteiger charge is -2.14. The summed E-state index contributed by atoms with van der Waals surface area (Å²) in [5.74, 6) is 1.06. The third kappa shape index (κ3) is 3.14. The lowest BCUT2D eigenvalue weighted by Crippen LogP contribution is -2.18. The molecule has 0 aliphatic rings. The average Bonchev–Trinajstić information content (AvgIpc) is 2.09. The van der Waals surface area contributed by atoms with Crippen LogP contribution in [0, 0.1) is 0 Å². The van der Waals surface area contributed by atoms with Gasteiger partial charge in [0.05, 0.1) is 17.6 Å². The number of hydrogen-bond acceptors (Lipinski definition) is 4. The molecule has 0 aromatic carbocycles. The zero-order chi connectivity index (χ0) is 9.68. The molecule has 0 fully saturated rings. The first-order chi connectivity index (χ1) is 6.24. The molecule has 1 rings (SSSR count). The highest BCUT2D eigenvalue weighted by Gasteiger charge is 2.02. The van der Waals surface area contributed by atoms with Gasteiger partial charge in [-0.05, 0) is 19.2 Å². The van der Waals surface area contributed by atoms with Gasteiger partial charge in [0.1, 0.15) is 0 Å². The number of pyridine rings is 1. The van der Waals surface area contributed by atoms with E-state index in [0.717, 1.165) is 17.1 Å². The number of rotatable bonds is 4. The van der Waals surface area contributed by atoms with Crippen molar-refractivity contribution in [3.63, 3.8) is 0 Å². The van der Waals surface area contributed by atoms with Gasteiger partial charge in [-0.3, -0.25) is 4.98 Å². The Bertz CT molecular complexity index is 265. The Morgan fingerprint density at radius 3 is 3.08 bits per heavy atom. The van der Waals surface area contributed by atoms with Gasteiger partial charge < -0.3 is 11.1 Å². The van der Waals surface area contributed by atoms with Crippen molar-refractivity contribution in [2.45, 2.75) is 13.0 Å². The maximum atomic E-state index is 5.76. The molecule has 1 aromatic heterocycles. The second-order valence-electron chi connectivity index (χ2n) is 2.96. The fourth-order valence-corrected chi connectivity index (χ4v) is 1.67. The third-order valence-electron chi connectivity index (χ3n) is 1.67. The van der Waals surface area contributed by atoms with Crippen LogP contribution in [0.5, 0.6) is 0 Å². The molecule has 1 unspecified atom stereocenters. The molecule has 0 saturated carbocycles. The van der Waals surface area contributed by atoms with Crippen molar-refractivity contribution >= 4 is 23.1 Å². The van der Waals surface area contributed by atoms with Crippen molar-refractivity contribution in [1.82, 2.24) is 4.98 Å². The first-order valence-corrected chi connectivity index (χ1v) is 5.58. The van der Waals surface area contributed by atoms with Crippen LogP contribution in [-0.4, -0.2) is 23.0 Å². The Hall–Kier alpha value is -0.900. The Morgan fingerprint density at radius 1 is 1.69 bits per heavy atom. The quantitative estimate of drug-likeness (QED) is 0.773. The van der Waals surface area contributed by atoms with Gasteiger partial charge in [0.15, 0.2) is 0 Å². The van der Waals surface area contributed by atoms with E-state index in [1.807, 2.05) is 11.8 Å². The zero-order valence-electron chi connectivity index (χ0n) is 7.95. The minimum absolute atomic E-state index is 0.418. The van der Waals surface area contributed by atoms with Crippen LogP contribution in [0.15, 0.2) is 18.5 Å². The number of nitrogens with one attached hydrogen (secondary N) is 1. The van der Waals surface area contributed by atoms with Crippen LogP contribution in [0.2, 0.25) is 0 Å². The van der Waals surface area contributed by atoms with Crippen LogP contribution in [0.4, 0.5) is 11.4 Å².